The van der Waals surface area contributed by atoms with Gasteiger partial charge in [-0.05, 0) is 61.1 Å². The zero-order valence-corrected chi connectivity index (χ0v) is 21.8. The molecular formula is C26H32N4O6S. The van der Waals surface area contributed by atoms with E-state index in [2.05, 4.69) is 16.4 Å². The van der Waals surface area contributed by atoms with E-state index in [4.69, 9.17) is 9.47 Å². The van der Waals surface area contributed by atoms with Gasteiger partial charge in [0, 0.05) is 49.8 Å². The highest BCUT2D eigenvalue weighted by atomic mass is 32.2. The fraction of sp³-hybridized carbons (Fsp3) is 0.423. The van der Waals surface area contributed by atoms with Crippen LogP contribution in [0.5, 0.6) is 11.5 Å². The van der Waals surface area contributed by atoms with Gasteiger partial charge in [-0.1, -0.05) is 6.07 Å². The van der Waals surface area contributed by atoms with Gasteiger partial charge in [0.15, 0.2) is 6.61 Å². The van der Waals surface area contributed by atoms with Crippen LogP contribution in [0.3, 0.4) is 0 Å². The molecule has 198 valence electrons. The number of rotatable bonds is 9. The van der Waals surface area contributed by atoms with Crippen LogP contribution in [0.1, 0.15) is 35.8 Å². The first-order valence-corrected chi connectivity index (χ1v) is 13.8. The number of aromatic nitrogens is 1. The molecule has 2 aliphatic rings. The fourth-order valence-electron chi connectivity index (χ4n) is 4.85. The minimum Gasteiger partial charge on any atom is -0.492 e. The summed E-state index contributed by atoms with van der Waals surface area (Å²) >= 11 is 0. The largest absolute Gasteiger partial charge is 0.492 e. The second kappa shape index (κ2) is 10.3. The third kappa shape index (κ3) is 5.04. The van der Waals surface area contributed by atoms with Crippen molar-refractivity contribution < 1.29 is 27.8 Å². The van der Waals surface area contributed by atoms with Crippen LogP contribution in [0.4, 0.5) is 5.69 Å². The average Bonchev–Trinajstić information content (AvgIpc) is 3.25. The molecule has 2 heterocycles. The monoisotopic (exact) mass is 528 g/mol. The molecule has 1 aliphatic carbocycles. The predicted octanol–water partition coefficient (Wildman–Crippen LogP) is 2.28. The summed E-state index contributed by atoms with van der Waals surface area (Å²) < 4.78 is 38.4. The summed E-state index contributed by atoms with van der Waals surface area (Å²) in [6, 6.07) is 10.8. The van der Waals surface area contributed by atoms with Crippen molar-refractivity contribution in [3.8, 4) is 11.5 Å². The smallest absolute Gasteiger partial charge is 0.310 e. The van der Waals surface area contributed by atoms with Crippen LogP contribution in [0.2, 0.25) is 0 Å². The van der Waals surface area contributed by atoms with Gasteiger partial charge in [-0.25, -0.2) is 0 Å². The lowest BCUT2D eigenvalue weighted by Crippen LogP contribution is -2.48. The van der Waals surface area contributed by atoms with Crippen molar-refractivity contribution in [2.24, 2.45) is 0 Å². The first-order chi connectivity index (χ1) is 17.8. The Bertz CT molecular complexity index is 1420. The fourth-order valence-corrected chi connectivity index (χ4v) is 5.88. The van der Waals surface area contributed by atoms with Crippen molar-refractivity contribution in [1.29, 1.82) is 0 Å². The third-order valence-corrected chi connectivity index (χ3v) is 8.60. The number of aromatic amines is 1. The van der Waals surface area contributed by atoms with Gasteiger partial charge < -0.3 is 24.9 Å². The normalized spacial score (nSPS) is 16.4. The summed E-state index contributed by atoms with van der Waals surface area (Å²) in [6.45, 7) is 0.770. The lowest BCUT2D eigenvalue weighted by Gasteiger charge is -2.31. The number of H-pyrrole nitrogens is 1. The SMILES string of the molecule is CN(C)S(=O)(=O)N1C(=O)COc2ccc([C@@H](O)CNCCOc3ccc4c5c([nH]c4c3)CCCC5)cc21. The molecule has 3 N–H and O–H groups in total. The van der Waals surface area contributed by atoms with Gasteiger partial charge >= 0.3 is 10.2 Å². The van der Waals surface area contributed by atoms with Crippen molar-refractivity contribution in [3.63, 3.8) is 0 Å². The first-order valence-electron chi connectivity index (χ1n) is 12.4. The maximum absolute atomic E-state index is 12.7. The van der Waals surface area contributed by atoms with Crippen LogP contribution in [0.15, 0.2) is 36.4 Å². The van der Waals surface area contributed by atoms with Crippen molar-refractivity contribution in [2.45, 2.75) is 31.8 Å². The second-order valence-corrected chi connectivity index (χ2v) is 11.5. The number of carbonyl (C=O) groups is 1. The number of hydrogen-bond donors (Lipinski definition) is 3. The molecule has 0 radical (unpaired) electrons. The molecular weight excluding hydrogens is 496 g/mol. The Balaban J connectivity index is 1.17. The van der Waals surface area contributed by atoms with Gasteiger partial charge in [-0.15, -0.1) is 0 Å². The van der Waals surface area contributed by atoms with Crippen molar-refractivity contribution in [3.05, 3.63) is 53.2 Å². The zero-order valence-electron chi connectivity index (χ0n) is 21.0. The highest BCUT2D eigenvalue weighted by Gasteiger charge is 2.37. The summed E-state index contributed by atoms with van der Waals surface area (Å²) in [5.41, 5.74) is 4.43. The lowest BCUT2D eigenvalue weighted by atomic mass is 9.96. The molecule has 0 bridgehead atoms. The molecule has 1 atom stereocenters. The standard InChI is InChI=1S/C26H32N4O6S/c1-29(2)37(33,34)30-23-13-17(7-10-25(23)36-16-26(30)32)24(31)15-27-11-12-35-18-8-9-20-19-5-3-4-6-21(19)28-22(20)14-18/h7-10,13-14,24,27-28,31H,3-6,11-12,15-16H2,1-2H3/t24-/m0/s1. The maximum Gasteiger partial charge on any atom is 0.310 e. The minimum atomic E-state index is -4.05. The number of aliphatic hydroxyl groups excluding tert-OH is 1. The maximum atomic E-state index is 12.7. The summed E-state index contributed by atoms with van der Waals surface area (Å²) in [6.07, 6.45) is 3.77. The number of fused-ring (bicyclic) bond motifs is 4. The van der Waals surface area contributed by atoms with E-state index in [9.17, 15) is 18.3 Å². The number of aryl methyl sites for hydroxylation is 2. The Morgan fingerprint density at radius 3 is 2.81 bits per heavy atom. The summed E-state index contributed by atoms with van der Waals surface area (Å²) in [4.78, 5) is 15.9. The van der Waals surface area contributed by atoms with Crippen LogP contribution in [-0.4, -0.2) is 69.1 Å². The molecule has 5 rings (SSSR count). The number of nitrogens with zero attached hydrogens (tertiary/aromatic N) is 2. The first kappa shape index (κ1) is 25.5. The van der Waals surface area contributed by atoms with E-state index in [1.165, 1.54) is 49.6 Å². The van der Waals surface area contributed by atoms with Gasteiger partial charge in [-0.3, -0.25) is 4.79 Å². The van der Waals surface area contributed by atoms with E-state index in [1.54, 1.807) is 12.1 Å². The molecule has 37 heavy (non-hydrogen) atoms. The number of anilines is 1. The number of carbonyl (C=O) groups excluding carboxylic acids is 1. The zero-order chi connectivity index (χ0) is 26.2. The molecule has 0 unspecified atom stereocenters. The van der Waals surface area contributed by atoms with Gasteiger partial charge in [0.25, 0.3) is 5.91 Å². The van der Waals surface area contributed by atoms with E-state index in [1.807, 2.05) is 12.1 Å². The molecule has 11 heteroatoms. The Kier molecular flexibility index (Phi) is 7.13. The molecule has 2 aromatic carbocycles. The molecule has 3 aromatic rings. The van der Waals surface area contributed by atoms with Crippen LogP contribution in [0.25, 0.3) is 10.9 Å². The van der Waals surface area contributed by atoms with E-state index >= 15 is 0 Å². The van der Waals surface area contributed by atoms with Crippen molar-refractivity contribution >= 4 is 32.7 Å². The third-order valence-electron chi connectivity index (χ3n) is 6.81. The van der Waals surface area contributed by atoms with Crippen molar-refractivity contribution in [1.82, 2.24) is 14.6 Å². The van der Waals surface area contributed by atoms with Gasteiger partial charge in [0.2, 0.25) is 0 Å². The highest BCUT2D eigenvalue weighted by molar-refractivity contribution is 7.91. The number of amides is 1. The number of benzene rings is 2. The van der Waals surface area contributed by atoms with Gasteiger partial charge in [0.05, 0.1) is 6.10 Å². The molecule has 1 aromatic heterocycles. The molecule has 10 nitrogen and oxygen atoms in total. The van der Waals surface area contributed by atoms with E-state index in [0.717, 1.165) is 32.7 Å². The number of nitrogens with one attached hydrogen (secondary N) is 2. The van der Waals surface area contributed by atoms with Crippen molar-refractivity contribution in [2.75, 3.05) is 44.7 Å². The predicted molar refractivity (Wildman–Crippen MR) is 140 cm³/mol. The summed E-state index contributed by atoms with van der Waals surface area (Å²) in [5.74, 6) is 0.359. The molecule has 0 saturated carbocycles. The molecule has 0 saturated heterocycles. The Morgan fingerprint density at radius 2 is 2.00 bits per heavy atom. The topological polar surface area (TPSA) is 124 Å². The number of ether oxygens (including phenoxy) is 2. The van der Waals surface area contributed by atoms with Gasteiger partial charge in [0.1, 0.15) is 23.8 Å². The Morgan fingerprint density at radius 1 is 1.19 bits per heavy atom. The minimum absolute atomic E-state index is 0.0891. The summed E-state index contributed by atoms with van der Waals surface area (Å²) in [5, 5.41) is 15.1. The average molecular weight is 529 g/mol. The van der Waals surface area contributed by atoms with Crippen LogP contribution in [0, 0.1) is 0 Å². The number of aliphatic hydroxyl groups is 1. The van der Waals surface area contributed by atoms with Crippen LogP contribution >= 0.6 is 0 Å². The summed E-state index contributed by atoms with van der Waals surface area (Å²) in [7, 11) is -1.34. The van der Waals surface area contributed by atoms with Crippen LogP contribution in [-0.2, 0) is 27.8 Å². The number of hydrogen-bond acceptors (Lipinski definition) is 7. The highest BCUT2D eigenvalue weighted by Crippen LogP contribution is 2.36. The van der Waals surface area contributed by atoms with Crippen LogP contribution < -0.4 is 19.1 Å². The van der Waals surface area contributed by atoms with Gasteiger partial charge in [-0.2, -0.15) is 17.0 Å². The van der Waals surface area contributed by atoms with E-state index in [-0.39, 0.29) is 24.6 Å². The van der Waals surface area contributed by atoms with E-state index < -0.39 is 22.2 Å². The molecule has 1 aliphatic heterocycles. The molecule has 0 fully saturated rings. The van der Waals surface area contributed by atoms with E-state index in [0.29, 0.717) is 18.7 Å². The Hall–Kier alpha value is -3.12. The quantitative estimate of drug-likeness (QED) is 0.364. The molecule has 0 spiro atoms. The Labute approximate surface area is 216 Å². The molecule has 1 amide bonds. The lowest BCUT2D eigenvalue weighted by molar-refractivity contribution is -0.120. The second-order valence-electron chi connectivity index (χ2n) is 9.53.